The summed E-state index contributed by atoms with van der Waals surface area (Å²) in [5.41, 5.74) is 3.54. The second-order valence-electron chi connectivity index (χ2n) is 9.03. The largest absolute Gasteiger partial charge is 0.497 e. The van der Waals surface area contributed by atoms with Crippen LogP contribution in [0.3, 0.4) is 0 Å². The lowest BCUT2D eigenvalue weighted by Crippen LogP contribution is -2.49. The molecule has 2 aliphatic rings. The van der Waals surface area contributed by atoms with Crippen molar-refractivity contribution >= 4 is 16.9 Å². The highest BCUT2D eigenvalue weighted by atomic mass is 19.1. The molecule has 0 spiro atoms. The number of halogens is 2. The molecule has 2 bridgehead atoms. The van der Waals surface area contributed by atoms with Gasteiger partial charge in [0.15, 0.2) is 5.76 Å². The van der Waals surface area contributed by atoms with Gasteiger partial charge >= 0.3 is 0 Å². The predicted octanol–water partition coefficient (Wildman–Crippen LogP) is 5.41. The number of ether oxygens (including phenoxy) is 1. The van der Waals surface area contributed by atoms with E-state index in [1.54, 1.807) is 37.0 Å². The zero-order valence-corrected chi connectivity index (χ0v) is 18.8. The van der Waals surface area contributed by atoms with Gasteiger partial charge in [-0.05, 0) is 62.1 Å². The van der Waals surface area contributed by atoms with Crippen molar-refractivity contribution in [3.8, 4) is 17.0 Å². The molecule has 1 saturated heterocycles. The highest BCUT2D eigenvalue weighted by Gasteiger charge is 2.44. The number of fused-ring (bicyclic) bond motifs is 5. The number of furan rings is 1. The lowest BCUT2D eigenvalue weighted by atomic mass is 9.81. The normalized spacial score (nSPS) is 19.4. The molecule has 0 N–H and O–H groups in total. The van der Waals surface area contributed by atoms with E-state index >= 15 is 0 Å². The Kier molecular flexibility index (Phi) is 4.72. The van der Waals surface area contributed by atoms with Gasteiger partial charge in [0.1, 0.15) is 23.0 Å². The zero-order valence-electron chi connectivity index (χ0n) is 18.8. The van der Waals surface area contributed by atoms with E-state index < -0.39 is 11.6 Å². The van der Waals surface area contributed by atoms with Crippen molar-refractivity contribution in [1.82, 2.24) is 14.7 Å². The Hall–Kier alpha value is -3.68. The number of methoxy groups -OCH3 is 1. The van der Waals surface area contributed by atoms with Crippen molar-refractivity contribution < 1.29 is 22.7 Å². The van der Waals surface area contributed by atoms with Crippen molar-refractivity contribution in [2.45, 2.75) is 37.8 Å². The molecule has 0 aliphatic carbocycles. The molecule has 174 valence electrons. The number of hydrogen-bond donors (Lipinski definition) is 0. The molecule has 34 heavy (non-hydrogen) atoms. The maximum atomic E-state index is 14.0. The molecule has 4 heterocycles. The number of benzene rings is 2. The predicted molar refractivity (Wildman–Crippen MR) is 122 cm³/mol. The molecular weight excluding hydrogens is 440 g/mol. The summed E-state index contributed by atoms with van der Waals surface area (Å²) in [5.74, 6) is -0.438. The molecule has 6 rings (SSSR count). The monoisotopic (exact) mass is 463 g/mol. The number of amides is 1. The minimum absolute atomic E-state index is 0.0390. The van der Waals surface area contributed by atoms with Gasteiger partial charge in [-0.2, -0.15) is 5.10 Å². The Morgan fingerprint density at radius 1 is 1.12 bits per heavy atom. The Balaban J connectivity index is 1.41. The number of carbonyl (C=O) groups is 1. The van der Waals surface area contributed by atoms with E-state index in [0.717, 1.165) is 42.0 Å². The van der Waals surface area contributed by atoms with Crippen LogP contribution in [-0.4, -0.2) is 33.7 Å². The number of aryl methyl sites for hydroxylation is 1. The Labute approximate surface area is 194 Å². The lowest BCUT2D eigenvalue weighted by molar-refractivity contribution is 0.0363. The van der Waals surface area contributed by atoms with Gasteiger partial charge in [0, 0.05) is 35.7 Å². The van der Waals surface area contributed by atoms with E-state index in [4.69, 9.17) is 14.3 Å². The van der Waals surface area contributed by atoms with Crippen LogP contribution in [0.4, 0.5) is 8.78 Å². The zero-order chi connectivity index (χ0) is 23.6. The molecule has 2 unspecified atom stereocenters. The second kappa shape index (κ2) is 7.68. The Morgan fingerprint density at radius 2 is 1.91 bits per heavy atom. The van der Waals surface area contributed by atoms with Gasteiger partial charge < -0.3 is 14.1 Å². The van der Waals surface area contributed by atoms with Gasteiger partial charge in [0.25, 0.3) is 5.91 Å². The first-order valence-corrected chi connectivity index (χ1v) is 11.4. The summed E-state index contributed by atoms with van der Waals surface area (Å²) in [4.78, 5) is 15.6. The third-order valence-electron chi connectivity index (χ3n) is 6.98. The molecule has 1 amide bonds. The molecule has 6 nitrogen and oxygen atoms in total. The first-order chi connectivity index (χ1) is 16.4. The summed E-state index contributed by atoms with van der Waals surface area (Å²) in [7, 11) is 3.37. The van der Waals surface area contributed by atoms with Crippen molar-refractivity contribution in [1.29, 1.82) is 0 Å². The van der Waals surface area contributed by atoms with Crippen LogP contribution in [0.5, 0.6) is 5.75 Å². The lowest BCUT2D eigenvalue weighted by Gasteiger charge is -2.45. The average molecular weight is 463 g/mol. The first-order valence-electron chi connectivity index (χ1n) is 11.4. The Bertz CT molecular complexity index is 1420. The summed E-state index contributed by atoms with van der Waals surface area (Å²) >= 11 is 0. The molecule has 0 radical (unpaired) electrons. The van der Waals surface area contributed by atoms with Gasteiger partial charge in [-0.15, -0.1) is 0 Å². The van der Waals surface area contributed by atoms with E-state index in [-0.39, 0.29) is 23.8 Å². The maximum Gasteiger partial charge on any atom is 0.290 e. The van der Waals surface area contributed by atoms with Crippen LogP contribution in [0.15, 0.2) is 46.9 Å². The number of rotatable bonds is 3. The van der Waals surface area contributed by atoms with Crippen LogP contribution in [0.1, 0.15) is 47.1 Å². The van der Waals surface area contributed by atoms with Crippen LogP contribution in [0.2, 0.25) is 0 Å². The van der Waals surface area contributed by atoms with E-state index in [0.29, 0.717) is 29.0 Å². The smallest absolute Gasteiger partial charge is 0.290 e. The van der Waals surface area contributed by atoms with E-state index in [2.05, 4.69) is 0 Å². The topological polar surface area (TPSA) is 60.5 Å². The van der Waals surface area contributed by atoms with Crippen LogP contribution >= 0.6 is 0 Å². The van der Waals surface area contributed by atoms with Crippen LogP contribution in [-0.2, 0) is 13.5 Å². The number of nitrogens with zero attached hydrogens (tertiary/aromatic N) is 3. The summed E-state index contributed by atoms with van der Waals surface area (Å²) in [6, 6.07) is 10.5. The van der Waals surface area contributed by atoms with Crippen LogP contribution < -0.4 is 4.74 Å². The minimum Gasteiger partial charge on any atom is -0.497 e. The second-order valence-corrected chi connectivity index (χ2v) is 9.03. The number of hydrogen-bond acceptors (Lipinski definition) is 4. The number of carbonyl (C=O) groups excluding carboxylic acids is 1. The molecular formula is C26H23F2N3O3. The standard InChI is InChI=1S/C26H23F2N3O3/c1-30-25(15-8-16(27)12-17(28)9-15)20-13-18-4-3-5-21(24(20)29-30)31(18)26(32)23-11-14-10-19(33-2)6-7-22(14)34-23/h6-12,18,21H,3-5,13H2,1-2H3. The molecule has 2 aromatic carbocycles. The SMILES string of the molecule is COc1ccc2oc(C(=O)N3C4CCCC3c3nn(C)c(-c5cc(F)cc(F)c5)c3C4)cc2c1. The van der Waals surface area contributed by atoms with E-state index in [1.165, 1.54) is 12.1 Å². The van der Waals surface area contributed by atoms with Crippen LogP contribution in [0, 0.1) is 11.6 Å². The average Bonchev–Trinajstić information content (AvgIpc) is 3.37. The van der Waals surface area contributed by atoms with Gasteiger partial charge in [0.05, 0.1) is 24.5 Å². The molecule has 2 aromatic heterocycles. The minimum atomic E-state index is -0.626. The highest BCUT2D eigenvalue weighted by Crippen LogP contribution is 2.45. The van der Waals surface area contributed by atoms with Crippen molar-refractivity contribution in [3.63, 3.8) is 0 Å². The van der Waals surface area contributed by atoms with Crippen LogP contribution in [0.25, 0.3) is 22.2 Å². The summed E-state index contributed by atoms with van der Waals surface area (Å²) in [6.07, 6.45) is 3.18. The fourth-order valence-electron chi connectivity index (χ4n) is 5.58. The van der Waals surface area contributed by atoms with Gasteiger partial charge in [-0.25, -0.2) is 8.78 Å². The first kappa shape index (κ1) is 20.9. The fourth-order valence-corrected chi connectivity index (χ4v) is 5.58. The molecule has 4 aromatic rings. The molecule has 2 atom stereocenters. The maximum absolute atomic E-state index is 14.0. The third-order valence-corrected chi connectivity index (χ3v) is 6.98. The highest BCUT2D eigenvalue weighted by molar-refractivity contribution is 5.97. The van der Waals surface area contributed by atoms with Crippen molar-refractivity contribution in [2.24, 2.45) is 7.05 Å². The molecule has 0 saturated carbocycles. The fraction of sp³-hybridized carbons (Fsp3) is 0.308. The summed E-state index contributed by atoms with van der Waals surface area (Å²) in [6.45, 7) is 0. The van der Waals surface area contributed by atoms with Gasteiger partial charge in [-0.3, -0.25) is 9.48 Å². The summed E-state index contributed by atoms with van der Waals surface area (Å²) in [5, 5.41) is 5.53. The molecule has 8 heteroatoms. The van der Waals surface area contributed by atoms with Gasteiger partial charge in [-0.1, -0.05) is 0 Å². The Morgan fingerprint density at radius 3 is 2.68 bits per heavy atom. The van der Waals surface area contributed by atoms with E-state index in [1.807, 2.05) is 11.0 Å². The van der Waals surface area contributed by atoms with Crippen molar-refractivity contribution in [2.75, 3.05) is 7.11 Å². The van der Waals surface area contributed by atoms with E-state index in [9.17, 15) is 13.6 Å². The third kappa shape index (κ3) is 3.20. The summed E-state index contributed by atoms with van der Waals surface area (Å²) < 4.78 is 40.8. The van der Waals surface area contributed by atoms with Gasteiger partial charge in [0.2, 0.25) is 0 Å². The molecule has 2 aliphatic heterocycles. The molecule has 1 fully saturated rings. The number of piperidine rings is 1. The van der Waals surface area contributed by atoms with Crippen molar-refractivity contribution in [3.05, 3.63) is 71.1 Å². The quantitative estimate of drug-likeness (QED) is 0.408. The number of aromatic nitrogens is 2.